The quantitative estimate of drug-likeness (QED) is 0.456. The second kappa shape index (κ2) is 9.88. The van der Waals surface area contributed by atoms with E-state index in [2.05, 4.69) is 4.74 Å². The van der Waals surface area contributed by atoms with Gasteiger partial charge in [0, 0.05) is 11.6 Å². The van der Waals surface area contributed by atoms with Crippen molar-refractivity contribution < 1.29 is 54.2 Å². The van der Waals surface area contributed by atoms with Crippen molar-refractivity contribution in [1.29, 1.82) is 0 Å². The van der Waals surface area contributed by atoms with E-state index >= 15 is 0 Å². The highest BCUT2D eigenvalue weighted by Crippen LogP contribution is 2.51. The average Bonchev–Trinajstić information content (AvgIpc) is 3.51. The molecular formula is C24H20ClF6NO6S. The molecule has 0 unspecified atom stereocenters. The number of aliphatic carboxylic acids is 1. The molecule has 7 nitrogen and oxygen atoms in total. The largest absolute Gasteiger partial charge is 0.484 e. The molecule has 2 aromatic rings. The number of carbonyl (C=O) groups excluding carboxylic acids is 1. The van der Waals surface area contributed by atoms with Gasteiger partial charge in [-0.25, -0.2) is 13.2 Å². The molecule has 1 saturated heterocycles. The number of sulfone groups is 1. The number of carboxylic acid groups (broad SMARTS) is 1. The number of rotatable bonds is 7. The van der Waals surface area contributed by atoms with Gasteiger partial charge in [0.05, 0.1) is 21.1 Å². The van der Waals surface area contributed by atoms with Crippen LogP contribution in [0.2, 0.25) is 5.02 Å². The Balaban J connectivity index is 1.66. The summed E-state index contributed by atoms with van der Waals surface area (Å²) in [6, 6.07) is 5.90. The minimum absolute atomic E-state index is 0.144. The molecule has 15 heteroatoms. The van der Waals surface area contributed by atoms with Crippen molar-refractivity contribution >= 4 is 33.3 Å². The number of hydrogen-bond donors (Lipinski definition) is 1. The Morgan fingerprint density at radius 3 is 2.18 bits per heavy atom. The molecule has 0 aromatic heterocycles. The third-order valence-electron chi connectivity index (χ3n) is 6.77. The van der Waals surface area contributed by atoms with Gasteiger partial charge in [0.15, 0.2) is 16.4 Å². The maximum atomic E-state index is 13.8. The SMILES string of the molecule is O=C(O)[C@@H]1C[C@@H](S(=O)(=O)c2ccc(OCC(F)(F)F)cc2C(F)(F)F)CN1C(=O)C1(c2ccc(Cl)cc2)CC1. The van der Waals surface area contributed by atoms with E-state index in [0.717, 1.165) is 4.90 Å². The molecule has 2 atom stereocenters. The van der Waals surface area contributed by atoms with Crippen LogP contribution in [0.1, 0.15) is 30.4 Å². The van der Waals surface area contributed by atoms with Gasteiger partial charge < -0.3 is 14.7 Å². The first-order valence-corrected chi connectivity index (χ1v) is 13.3. The van der Waals surface area contributed by atoms with Crippen LogP contribution in [0.4, 0.5) is 26.3 Å². The smallest absolute Gasteiger partial charge is 0.422 e. The van der Waals surface area contributed by atoms with Crippen LogP contribution in [0.3, 0.4) is 0 Å². The molecule has 2 aromatic carbocycles. The van der Waals surface area contributed by atoms with Gasteiger partial charge in [-0.2, -0.15) is 26.3 Å². The summed E-state index contributed by atoms with van der Waals surface area (Å²) in [5, 5.41) is 8.41. The van der Waals surface area contributed by atoms with Crippen LogP contribution in [-0.4, -0.2) is 60.9 Å². The second-order valence-corrected chi connectivity index (χ2v) is 12.0. The second-order valence-electron chi connectivity index (χ2n) is 9.36. The van der Waals surface area contributed by atoms with Crippen LogP contribution < -0.4 is 4.74 Å². The summed E-state index contributed by atoms with van der Waals surface area (Å²) >= 11 is 5.90. The number of benzene rings is 2. The number of hydrogen-bond acceptors (Lipinski definition) is 5. The molecule has 0 bridgehead atoms. The number of alkyl halides is 6. The summed E-state index contributed by atoms with van der Waals surface area (Å²) < 4.78 is 110. The highest BCUT2D eigenvalue weighted by atomic mass is 35.5. The molecule has 1 N–H and O–H groups in total. The fraction of sp³-hybridized carbons (Fsp3) is 0.417. The molecule has 1 aliphatic heterocycles. The lowest BCUT2D eigenvalue weighted by molar-refractivity contribution is -0.153. The van der Waals surface area contributed by atoms with Gasteiger partial charge in [0.25, 0.3) is 0 Å². The fourth-order valence-corrected chi connectivity index (χ4v) is 6.71. The molecule has 4 rings (SSSR count). The fourth-order valence-electron chi connectivity index (χ4n) is 4.69. The topological polar surface area (TPSA) is 101 Å². The van der Waals surface area contributed by atoms with Crippen LogP contribution in [0, 0.1) is 0 Å². The highest BCUT2D eigenvalue weighted by Gasteiger charge is 2.57. The Morgan fingerprint density at radius 2 is 1.67 bits per heavy atom. The van der Waals surface area contributed by atoms with Gasteiger partial charge >= 0.3 is 18.3 Å². The van der Waals surface area contributed by atoms with Crippen LogP contribution in [-0.2, 0) is 31.0 Å². The van der Waals surface area contributed by atoms with Crippen molar-refractivity contribution in [2.45, 2.75) is 53.2 Å². The Hall–Kier alpha value is -3.00. The molecule has 1 saturated carbocycles. The predicted molar refractivity (Wildman–Crippen MR) is 124 cm³/mol. The van der Waals surface area contributed by atoms with Crippen LogP contribution in [0.5, 0.6) is 5.75 Å². The Labute approximate surface area is 223 Å². The highest BCUT2D eigenvalue weighted by molar-refractivity contribution is 7.92. The first kappa shape index (κ1) is 29.0. The molecule has 2 aliphatic rings. The summed E-state index contributed by atoms with van der Waals surface area (Å²) in [7, 11) is -4.91. The van der Waals surface area contributed by atoms with Gasteiger partial charge in [0.2, 0.25) is 5.91 Å². The molecule has 0 spiro atoms. The average molecular weight is 600 g/mol. The summed E-state index contributed by atoms with van der Waals surface area (Å²) in [6.07, 6.45) is -10.1. The van der Waals surface area contributed by atoms with E-state index in [-0.39, 0.29) is 6.07 Å². The minimum atomic E-state index is -5.30. The summed E-state index contributed by atoms with van der Waals surface area (Å²) in [6.45, 7) is -2.58. The summed E-state index contributed by atoms with van der Waals surface area (Å²) in [4.78, 5) is 25.1. The first-order valence-electron chi connectivity index (χ1n) is 11.4. The number of carbonyl (C=O) groups is 2. The van der Waals surface area contributed by atoms with Crippen LogP contribution in [0.25, 0.3) is 0 Å². The van der Waals surface area contributed by atoms with Crippen molar-refractivity contribution in [2.75, 3.05) is 13.2 Å². The normalized spacial score (nSPS) is 21.1. The lowest BCUT2D eigenvalue weighted by Crippen LogP contribution is -2.46. The van der Waals surface area contributed by atoms with E-state index in [9.17, 15) is 49.5 Å². The number of likely N-dealkylation sites (tertiary alicyclic amines) is 1. The molecule has 39 heavy (non-hydrogen) atoms. The molecule has 212 valence electrons. The molecular weight excluding hydrogens is 580 g/mol. The van der Waals surface area contributed by atoms with E-state index in [4.69, 9.17) is 11.6 Å². The van der Waals surface area contributed by atoms with Crippen molar-refractivity contribution in [3.05, 3.63) is 58.6 Å². The van der Waals surface area contributed by atoms with E-state index in [1.54, 1.807) is 12.1 Å². The molecule has 1 aliphatic carbocycles. The number of ether oxygens (including phenoxy) is 1. The molecule has 2 fully saturated rings. The zero-order valence-electron chi connectivity index (χ0n) is 19.7. The number of nitrogens with zero attached hydrogens (tertiary/aromatic N) is 1. The number of amides is 1. The molecule has 0 radical (unpaired) electrons. The Kier molecular flexibility index (Phi) is 7.34. The van der Waals surface area contributed by atoms with Crippen LogP contribution in [0.15, 0.2) is 47.4 Å². The minimum Gasteiger partial charge on any atom is -0.484 e. The van der Waals surface area contributed by atoms with Crippen molar-refractivity contribution in [1.82, 2.24) is 4.90 Å². The van der Waals surface area contributed by atoms with E-state index in [1.807, 2.05) is 0 Å². The van der Waals surface area contributed by atoms with Gasteiger partial charge in [-0.05, 0) is 55.2 Å². The standard InChI is InChI=1S/C24H20ClF6NO6S/c25-14-3-1-13(2-4-14)22(7-8-22)21(35)32-11-16(10-18(32)20(33)34)39(36,37)19-6-5-15(38-12-23(26,27)28)9-17(19)24(29,30)31/h1-6,9,16,18H,7-8,10-12H2,(H,33,34)/t16-,18+/m1/s1. The maximum Gasteiger partial charge on any atom is 0.422 e. The Morgan fingerprint density at radius 1 is 1.05 bits per heavy atom. The monoisotopic (exact) mass is 599 g/mol. The summed E-state index contributed by atoms with van der Waals surface area (Å²) in [5.74, 6) is -3.05. The van der Waals surface area contributed by atoms with Crippen molar-refractivity contribution in [3.63, 3.8) is 0 Å². The lowest BCUT2D eigenvalue weighted by Gasteiger charge is -2.27. The molecule has 1 heterocycles. The van der Waals surface area contributed by atoms with Crippen LogP contribution >= 0.6 is 11.6 Å². The van der Waals surface area contributed by atoms with Gasteiger partial charge in [-0.15, -0.1) is 0 Å². The van der Waals surface area contributed by atoms with Gasteiger partial charge in [0.1, 0.15) is 11.8 Å². The maximum absolute atomic E-state index is 13.8. The van der Waals surface area contributed by atoms with Gasteiger partial charge in [-0.3, -0.25) is 4.79 Å². The number of halogens is 7. The van der Waals surface area contributed by atoms with E-state index < -0.39 is 86.6 Å². The first-order chi connectivity index (χ1) is 18.0. The van der Waals surface area contributed by atoms with Gasteiger partial charge in [-0.1, -0.05) is 23.7 Å². The van der Waals surface area contributed by atoms with Crippen molar-refractivity contribution in [2.24, 2.45) is 0 Å². The lowest BCUT2D eigenvalue weighted by atomic mass is 9.94. The summed E-state index contributed by atoms with van der Waals surface area (Å²) in [5.41, 5.74) is -2.33. The zero-order valence-corrected chi connectivity index (χ0v) is 21.3. The third-order valence-corrected chi connectivity index (χ3v) is 9.21. The van der Waals surface area contributed by atoms with E-state index in [0.29, 0.717) is 35.6 Å². The predicted octanol–water partition coefficient (Wildman–Crippen LogP) is 4.86. The van der Waals surface area contributed by atoms with E-state index in [1.165, 1.54) is 12.1 Å². The number of carboxylic acids is 1. The Bertz CT molecular complexity index is 1390. The zero-order chi connectivity index (χ0) is 29.0. The van der Waals surface area contributed by atoms with Crippen molar-refractivity contribution in [3.8, 4) is 5.75 Å². The third kappa shape index (κ3) is 5.81. The molecule has 1 amide bonds.